The summed E-state index contributed by atoms with van der Waals surface area (Å²) in [5.41, 5.74) is 5.80. The lowest BCUT2D eigenvalue weighted by Crippen LogP contribution is -2.43. The van der Waals surface area contributed by atoms with Crippen LogP contribution in [0.25, 0.3) is 10.8 Å². The Bertz CT molecular complexity index is 1390. The average Bonchev–Trinajstić information content (AvgIpc) is 2.92. The van der Waals surface area contributed by atoms with Crippen LogP contribution in [-0.4, -0.2) is 29.7 Å². The molecule has 0 aromatic heterocycles. The fourth-order valence-corrected chi connectivity index (χ4v) is 6.30. The first-order chi connectivity index (χ1) is 17.6. The third-order valence-corrected chi connectivity index (χ3v) is 8.17. The monoisotopic (exact) mass is 476 g/mol. The number of Topliss-reactive ketones (excluding diaryl/α,β-unsaturated/α-hetero) is 1. The number of fused-ring (bicyclic) bond motifs is 1. The first-order valence-electron chi connectivity index (χ1n) is 13.2. The highest BCUT2D eigenvalue weighted by atomic mass is 16.2. The van der Waals surface area contributed by atoms with Crippen LogP contribution in [0.4, 0.5) is 0 Å². The van der Waals surface area contributed by atoms with Crippen LogP contribution in [0.3, 0.4) is 0 Å². The van der Waals surface area contributed by atoms with Gasteiger partial charge >= 0.3 is 0 Å². The van der Waals surface area contributed by atoms with Gasteiger partial charge in [-0.3, -0.25) is 9.59 Å². The Hall–Kier alpha value is -3.66. The minimum atomic E-state index is -0.321. The van der Waals surface area contributed by atoms with Crippen molar-refractivity contribution in [3.63, 3.8) is 0 Å². The lowest BCUT2D eigenvalue weighted by atomic mass is 9.74. The minimum Gasteiger partial charge on any atom is -0.362 e. The number of nitrogens with one attached hydrogen (secondary N) is 1. The number of amides is 1. The van der Waals surface area contributed by atoms with E-state index in [1.54, 1.807) is 0 Å². The van der Waals surface area contributed by atoms with Crippen LogP contribution >= 0.6 is 0 Å². The Morgan fingerprint density at radius 2 is 1.58 bits per heavy atom. The van der Waals surface area contributed by atoms with Crippen LogP contribution in [0.5, 0.6) is 0 Å². The highest BCUT2D eigenvalue weighted by Crippen LogP contribution is 2.43. The largest absolute Gasteiger partial charge is 0.362 e. The molecule has 4 nitrogen and oxygen atoms in total. The van der Waals surface area contributed by atoms with Gasteiger partial charge in [0, 0.05) is 48.0 Å². The van der Waals surface area contributed by atoms with Crippen LogP contribution in [0.1, 0.15) is 62.0 Å². The number of hydrogen-bond acceptors (Lipinski definition) is 3. The fourth-order valence-electron chi connectivity index (χ4n) is 6.30. The number of rotatable bonds is 3. The van der Waals surface area contributed by atoms with Crippen LogP contribution in [0, 0.1) is 0 Å². The van der Waals surface area contributed by atoms with Crippen molar-refractivity contribution in [2.75, 3.05) is 13.1 Å². The summed E-state index contributed by atoms with van der Waals surface area (Å²) in [5.74, 6) is 0.399. The van der Waals surface area contributed by atoms with Crippen LogP contribution < -0.4 is 5.32 Å². The number of benzene rings is 3. The van der Waals surface area contributed by atoms with Gasteiger partial charge in [0.1, 0.15) is 0 Å². The van der Waals surface area contributed by atoms with Crippen molar-refractivity contribution in [1.29, 1.82) is 0 Å². The first-order valence-corrected chi connectivity index (χ1v) is 13.2. The van der Waals surface area contributed by atoms with Gasteiger partial charge in [-0.05, 0) is 60.4 Å². The van der Waals surface area contributed by atoms with E-state index in [0.29, 0.717) is 12.3 Å². The number of ketones is 1. The molecule has 182 valence electrons. The maximum absolute atomic E-state index is 14.1. The lowest BCUT2D eigenvalue weighted by molar-refractivity contribution is -0.128. The van der Waals surface area contributed by atoms with Crippen LogP contribution in [0.15, 0.2) is 95.3 Å². The van der Waals surface area contributed by atoms with Gasteiger partial charge in [-0.1, -0.05) is 72.8 Å². The maximum Gasteiger partial charge on any atom is 0.252 e. The lowest BCUT2D eigenvalue weighted by Gasteiger charge is -2.38. The van der Waals surface area contributed by atoms with E-state index in [9.17, 15) is 9.59 Å². The molecule has 4 heteroatoms. The molecule has 2 aliphatic heterocycles. The van der Waals surface area contributed by atoms with Gasteiger partial charge in [0.2, 0.25) is 0 Å². The number of hydrogen-bond donors (Lipinski definition) is 1. The van der Waals surface area contributed by atoms with Crippen molar-refractivity contribution >= 4 is 22.5 Å². The number of nitrogens with zero attached hydrogens (tertiary/aromatic N) is 1. The molecule has 1 saturated heterocycles. The molecule has 1 N–H and O–H groups in total. The molecule has 3 aromatic rings. The topological polar surface area (TPSA) is 49.4 Å². The van der Waals surface area contributed by atoms with Crippen molar-refractivity contribution in [3.05, 3.63) is 106 Å². The molecule has 1 fully saturated rings. The van der Waals surface area contributed by atoms with Gasteiger partial charge < -0.3 is 10.2 Å². The number of carbonyl (C=O) groups excluding carboxylic acids is 2. The third kappa shape index (κ3) is 4.05. The number of piperidine rings is 1. The summed E-state index contributed by atoms with van der Waals surface area (Å²) in [6.07, 6.45) is 4.19. The van der Waals surface area contributed by atoms with E-state index in [1.807, 2.05) is 24.0 Å². The Morgan fingerprint density at radius 1 is 0.861 bits per heavy atom. The number of allylic oxidation sites excluding steroid dienone is 3. The second kappa shape index (κ2) is 9.42. The smallest absolute Gasteiger partial charge is 0.252 e. The molecule has 1 amide bonds. The molecule has 1 aliphatic carbocycles. The molecule has 3 aromatic carbocycles. The first kappa shape index (κ1) is 22.8. The average molecular weight is 477 g/mol. The zero-order valence-corrected chi connectivity index (χ0v) is 20.8. The predicted octanol–water partition coefficient (Wildman–Crippen LogP) is 6.21. The van der Waals surface area contributed by atoms with Gasteiger partial charge in [0.15, 0.2) is 5.78 Å². The fraction of sp³-hybridized carbons (Fsp3) is 0.312. The van der Waals surface area contributed by atoms with Crippen molar-refractivity contribution in [3.8, 4) is 0 Å². The Labute approximate surface area is 212 Å². The maximum atomic E-state index is 14.1. The Balaban J connectivity index is 1.35. The molecule has 6 rings (SSSR count). The molecular weight excluding hydrogens is 444 g/mol. The summed E-state index contributed by atoms with van der Waals surface area (Å²) in [6.45, 7) is 3.47. The van der Waals surface area contributed by atoms with Gasteiger partial charge in [-0.2, -0.15) is 0 Å². The standard InChI is InChI=1S/C32H32N2O2/c1-21-29(32(36)34-18-16-24(17-19-34)22-8-3-2-4-9-22)30(31-27(33-21)12-7-13-28(31)35)26-15-14-23-10-5-6-11-25(23)20-26/h2-6,8-11,14-15,20,24,30,33H,7,12-13,16-19H2,1H3. The second-order valence-corrected chi connectivity index (χ2v) is 10.3. The molecule has 0 bridgehead atoms. The minimum absolute atomic E-state index is 0.0644. The van der Waals surface area contributed by atoms with Gasteiger partial charge in [0.05, 0.1) is 0 Å². The van der Waals surface area contributed by atoms with Gasteiger partial charge in [0.25, 0.3) is 5.91 Å². The van der Waals surface area contributed by atoms with Crippen molar-refractivity contribution in [2.24, 2.45) is 0 Å². The molecule has 0 spiro atoms. The predicted molar refractivity (Wildman–Crippen MR) is 143 cm³/mol. The molecule has 1 unspecified atom stereocenters. The number of dihydropyridines is 1. The van der Waals surface area contributed by atoms with Crippen molar-refractivity contribution in [2.45, 2.75) is 50.9 Å². The molecule has 3 aliphatic rings. The number of likely N-dealkylation sites (tertiary alicyclic amines) is 1. The molecular formula is C32H32N2O2. The van der Waals surface area contributed by atoms with Crippen molar-refractivity contribution in [1.82, 2.24) is 10.2 Å². The van der Waals surface area contributed by atoms with Crippen molar-refractivity contribution < 1.29 is 9.59 Å². The Morgan fingerprint density at radius 3 is 2.36 bits per heavy atom. The van der Waals surface area contributed by atoms with Crippen LogP contribution in [0.2, 0.25) is 0 Å². The quantitative estimate of drug-likeness (QED) is 0.489. The van der Waals surface area contributed by atoms with E-state index >= 15 is 0 Å². The SMILES string of the molecule is CC1=C(C(=O)N2CCC(c3ccccc3)CC2)C(c2ccc3ccccc3c2)C2=C(CCCC2=O)N1. The van der Waals surface area contributed by atoms with E-state index in [4.69, 9.17) is 0 Å². The molecule has 1 atom stereocenters. The summed E-state index contributed by atoms with van der Waals surface area (Å²) < 4.78 is 0. The Kier molecular flexibility index (Phi) is 5.96. The van der Waals surface area contributed by atoms with Gasteiger partial charge in [-0.25, -0.2) is 0 Å². The molecule has 0 radical (unpaired) electrons. The molecule has 0 saturated carbocycles. The number of carbonyl (C=O) groups is 2. The van der Waals surface area contributed by atoms with E-state index < -0.39 is 0 Å². The van der Waals surface area contributed by atoms with Crippen LogP contribution in [-0.2, 0) is 9.59 Å². The van der Waals surface area contributed by atoms with E-state index in [0.717, 1.165) is 77.6 Å². The summed E-state index contributed by atoms with van der Waals surface area (Å²) in [5, 5.41) is 5.78. The second-order valence-electron chi connectivity index (χ2n) is 10.3. The summed E-state index contributed by atoms with van der Waals surface area (Å²) in [7, 11) is 0. The zero-order valence-electron chi connectivity index (χ0n) is 20.8. The highest BCUT2D eigenvalue weighted by molar-refractivity contribution is 6.05. The highest BCUT2D eigenvalue weighted by Gasteiger charge is 2.40. The zero-order chi connectivity index (χ0) is 24.6. The summed E-state index contributed by atoms with van der Waals surface area (Å²) >= 11 is 0. The van der Waals surface area contributed by atoms with Gasteiger partial charge in [-0.15, -0.1) is 0 Å². The normalized spacial score (nSPS) is 21.0. The van der Waals surface area contributed by atoms with E-state index in [2.05, 4.69) is 66.0 Å². The summed E-state index contributed by atoms with van der Waals surface area (Å²) in [4.78, 5) is 29.4. The third-order valence-electron chi connectivity index (χ3n) is 8.17. The van der Waals surface area contributed by atoms with E-state index in [1.165, 1.54) is 5.56 Å². The summed E-state index contributed by atoms with van der Waals surface area (Å²) in [6, 6.07) is 25.3. The van der Waals surface area contributed by atoms with E-state index in [-0.39, 0.29) is 17.6 Å². The molecule has 2 heterocycles. The molecule has 36 heavy (non-hydrogen) atoms.